The lowest BCUT2D eigenvalue weighted by atomic mass is 10.2. The fourth-order valence-corrected chi connectivity index (χ4v) is 4.90. The number of nitrogens with zero attached hydrogens (tertiary/aromatic N) is 1. The summed E-state index contributed by atoms with van der Waals surface area (Å²) in [6, 6.07) is 13.5. The molecule has 0 aromatic heterocycles. The van der Waals surface area contributed by atoms with E-state index in [9.17, 15) is 13.2 Å². The van der Waals surface area contributed by atoms with Gasteiger partial charge in [0.1, 0.15) is 17.2 Å². The average molecular weight is 419 g/mol. The van der Waals surface area contributed by atoms with Crippen LogP contribution in [0.15, 0.2) is 53.4 Å². The molecule has 1 aliphatic heterocycles. The molecule has 7 nitrogen and oxygen atoms in total. The third kappa shape index (κ3) is 5.07. The molecule has 8 heteroatoms. The molecule has 3 rings (SSSR count). The van der Waals surface area contributed by atoms with Gasteiger partial charge in [-0.05, 0) is 49.6 Å². The van der Waals surface area contributed by atoms with Crippen molar-refractivity contribution in [1.29, 1.82) is 0 Å². The van der Waals surface area contributed by atoms with E-state index < -0.39 is 10.0 Å². The summed E-state index contributed by atoms with van der Waals surface area (Å²) in [5.74, 6) is -0.157. The number of carbonyl (C=O) groups excluding carboxylic acids is 1. The number of hydrogen-bond acceptors (Lipinski definition) is 5. The second-order valence-electron chi connectivity index (χ2n) is 6.94. The fraction of sp³-hybridized carbons (Fsp3) is 0.381. The molecule has 156 valence electrons. The Hall–Kier alpha value is -2.58. The molecule has 0 unspecified atom stereocenters. The first-order chi connectivity index (χ1) is 13.9. The topological polar surface area (TPSA) is 84.9 Å². The molecule has 0 spiro atoms. The van der Waals surface area contributed by atoms with E-state index in [0.29, 0.717) is 18.8 Å². The largest absolute Gasteiger partial charge is 0.495 e. The van der Waals surface area contributed by atoms with Crippen LogP contribution in [0.3, 0.4) is 0 Å². The van der Waals surface area contributed by atoms with E-state index in [2.05, 4.69) is 5.32 Å². The van der Waals surface area contributed by atoms with Crippen LogP contribution in [0.2, 0.25) is 0 Å². The first-order valence-electron chi connectivity index (χ1n) is 9.52. The molecular formula is C21H26N2O5S. The molecule has 0 bridgehead atoms. The maximum atomic E-state index is 13.5. The SMILES string of the molecule is COc1ccc(C)cc1S(=O)(=O)N(CC(=O)NC[C@@H]1CCCO1)c1ccccc1. The Kier molecular flexibility index (Phi) is 6.76. The first-order valence-corrected chi connectivity index (χ1v) is 11.0. The maximum Gasteiger partial charge on any atom is 0.268 e. The van der Waals surface area contributed by atoms with Gasteiger partial charge in [-0.2, -0.15) is 0 Å². The van der Waals surface area contributed by atoms with Gasteiger partial charge in [0, 0.05) is 13.2 Å². The second-order valence-corrected chi connectivity index (χ2v) is 8.77. The molecule has 1 atom stereocenters. The molecule has 1 saturated heterocycles. The predicted octanol–water partition coefficient (Wildman–Crippen LogP) is 2.49. The lowest BCUT2D eigenvalue weighted by Gasteiger charge is -2.25. The summed E-state index contributed by atoms with van der Waals surface area (Å²) in [4.78, 5) is 12.6. The molecule has 0 saturated carbocycles. The lowest BCUT2D eigenvalue weighted by Crippen LogP contribution is -2.43. The number of carbonyl (C=O) groups is 1. The van der Waals surface area contributed by atoms with E-state index in [-0.39, 0.29) is 29.2 Å². The highest BCUT2D eigenvalue weighted by atomic mass is 32.2. The van der Waals surface area contributed by atoms with E-state index in [4.69, 9.17) is 9.47 Å². The molecule has 2 aromatic rings. The van der Waals surface area contributed by atoms with Crippen LogP contribution >= 0.6 is 0 Å². The van der Waals surface area contributed by atoms with E-state index in [1.807, 2.05) is 0 Å². The number of aryl methyl sites for hydroxylation is 1. The summed E-state index contributed by atoms with van der Waals surface area (Å²) < 4.78 is 38.9. The molecule has 1 amide bonds. The molecule has 2 aromatic carbocycles. The second kappa shape index (κ2) is 9.28. The van der Waals surface area contributed by atoms with E-state index in [1.54, 1.807) is 55.5 Å². The Morgan fingerprint density at radius 2 is 2.00 bits per heavy atom. The molecule has 1 heterocycles. The summed E-state index contributed by atoms with van der Waals surface area (Å²) in [6.45, 7) is 2.53. The zero-order valence-corrected chi connectivity index (χ0v) is 17.4. The van der Waals surface area contributed by atoms with Crippen LogP contribution in [0.5, 0.6) is 5.75 Å². The molecule has 0 aliphatic carbocycles. The highest BCUT2D eigenvalue weighted by molar-refractivity contribution is 7.93. The molecule has 1 aliphatic rings. The van der Waals surface area contributed by atoms with Gasteiger partial charge in [0.05, 0.1) is 18.9 Å². The number of para-hydroxylation sites is 1. The number of hydrogen-bond donors (Lipinski definition) is 1. The van der Waals surface area contributed by atoms with Crippen LogP contribution in [0.4, 0.5) is 5.69 Å². The van der Waals surface area contributed by atoms with Crippen LogP contribution in [0.1, 0.15) is 18.4 Å². The fourth-order valence-electron chi connectivity index (χ4n) is 3.23. The van der Waals surface area contributed by atoms with E-state index in [1.165, 1.54) is 7.11 Å². The normalized spacial score (nSPS) is 16.4. The van der Waals surface area contributed by atoms with Crippen molar-refractivity contribution >= 4 is 21.6 Å². The van der Waals surface area contributed by atoms with Crippen LogP contribution in [0.25, 0.3) is 0 Å². The summed E-state index contributed by atoms with van der Waals surface area (Å²) in [5, 5.41) is 2.79. The highest BCUT2D eigenvalue weighted by Gasteiger charge is 2.30. The molecular weight excluding hydrogens is 392 g/mol. The van der Waals surface area contributed by atoms with Crippen molar-refractivity contribution in [2.75, 3.05) is 31.1 Å². The summed E-state index contributed by atoms with van der Waals surface area (Å²) in [6.07, 6.45) is 1.84. The summed E-state index contributed by atoms with van der Waals surface area (Å²) >= 11 is 0. The van der Waals surface area contributed by atoms with Crippen molar-refractivity contribution < 1.29 is 22.7 Å². The van der Waals surface area contributed by atoms with Gasteiger partial charge in [0.15, 0.2) is 0 Å². The zero-order chi connectivity index (χ0) is 20.9. The molecule has 1 N–H and O–H groups in total. The number of anilines is 1. The highest BCUT2D eigenvalue weighted by Crippen LogP contribution is 2.30. The molecule has 29 heavy (non-hydrogen) atoms. The van der Waals surface area contributed by atoms with Crippen LogP contribution in [-0.4, -0.2) is 47.2 Å². The minimum atomic E-state index is -4.04. The quantitative estimate of drug-likeness (QED) is 0.712. The molecule has 1 fully saturated rings. The van der Waals surface area contributed by atoms with Gasteiger partial charge in [-0.3, -0.25) is 9.10 Å². The Labute approximate surface area is 171 Å². The van der Waals surface area contributed by atoms with Crippen LogP contribution in [-0.2, 0) is 19.6 Å². The van der Waals surface area contributed by atoms with E-state index >= 15 is 0 Å². The predicted molar refractivity (Wildman–Crippen MR) is 111 cm³/mol. The van der Waals surface area contributed by atoms with Crippen LogP contribution in [0, 0.1) is 6.92 Å². The number of ether oxygens (including phenoxy) is 2. The van der Waals surface area contributed by atoms with Gasteiger partial charge in [0.25, 0.3) is 10.0 Å². The van der Waals surface area contributed by atoms with Crippen molar-refractivity contribution in [1.82, 2.24) is 5.32 Å². The standard InChI is InChI=1S/C21H26N2O5S/c1-16-10-11-19(27-2)20(13-16)29(25,26)23(17-7-4-3-5-8-17)15-21(24)22-14-18-9-6-12-28-18/h3-5,7-8,10-11,13,18H,6,9,12,14-15H2,1-2H3,(H,22,24)/t18-/m0/s1. The van der Waals surface area contributed by atoms with Crippen molar-refractivity contribution in [2.24, 2.45) is 0 Å². The number of amides is 1. The molecule has 0 radical (unpaired) electrons. The first kappa shape index (κ1) is 21.1. The van der Waals surface area contributed by atoms with Crippen molar-refractivity contribution in [3.8, 4) is 5.75 Å². The van der Waals surface area contributed by atoms with Crippen LogP contribution < -0.4 is 14.4 Å². The zero-order valence-electron chi connectivity index (χ0n) is 16.6. The Bertz CT molecular complexity index is 941. The maximum absolute atomic E-state index is 13.5. The third-order valence-corrected chi connectivity index (χ3v) is 6.56. The third-order valence-electron chi connectivity index (χ3n) is 4.77. The number of nitrogens with one attached hydrogen (secondary N) is 1. The van der Waals surface area contributed by atoms with Crippen molar-refractivity contribution in [2.45, 2.75) is 30.8 Å². The van der Waals surface area contributed by atoms with E-state index in [0.717, 1.165) is 22.7 Å². The van der Waals surface area contributed by atoms with Gasteiger partial charge in [-0.25, -0.2) is 8.42 Å². The average Bonchev–Trinajstić information content (AvgIpc) is 3.24. The summed E-state index contributed by atoms with van der Waals surface area (Å²) in [7, 11) is -2.61. The minimum Gasteiger partial charge on any atom is -0.495 e. The van der Waals surface area contributed by atoms with Crippen molar-refractivity contribution in [3.05, 3.63) is 54.1 Å². The Morgan fingerprint density at radius 3 is 2.66 bits per heavy atom. The van der Waals surface area contributed by atoms with Gasteiger partial charge in [0.2, 0.25) is 5.91 Å². The van der Waals surface area contributed by atoms with Gasteiger partial charge in [-0.1, -0.05) is 24.3 Å². The Balaban J connectivity index is 1.89. The monoisotopic (exact) mass is 418 g/mol. The lowest BCUT2D eigenvalue weighted by molar-refractivity contribution is -0.120. The Morgan fingerprint density at radius 1 is 1.24 bits per heavy atom. The summed E-state index contributed by atoms with van der Waals surface area (Å²) in [5.41, 5.74) is 1.18. The van der Waals surface area contributed by atoms with Gasteiger partial charge in [-0.15, -0.1) is 0 Å². The van der Waals surface area contributed by atoms with Gasteiger partial charge < -0.3 is 14.8 Å². The van der Waals surface area contributed by atoms with Gasteiger partial charge >= 0.3 is 0 Å². The number of benzene rings is 2. The smallest absolute Gasteiger partial charge is 0.268 e. The minimum absolute atomic E-state index is 0.0161. The van der Waals surface area contributed by atoms with Crippen molar-refractivity contribution in [3.63, 3.8) is 0 Å². The number of sulfonamides is 1. The number of rotatable bonds is 8. The number of methoxy groups -OCH3 is 1.